The molecule has 15 heavy (non-hydrogen) atoms. The number of carbonyl (C=O) groups is 1. The van der Waals surface area contributed by atoms with E-state index >= 15 is 0 Å². The van der Waals surface area contributed by atoms with E-state index in [2.05, 4.69) is 11.8 Å². The summed E-state index contributed by atoms with van der Waals surface area (Å²) in [6.07, 6.45) is 6.91. The molecule has 1 fully saturated rings. The van der Waals surface area contributed by atoms with Gasteiger partial charge in [0.05, 0.1) is 0 Å². The van der Waals surface area contributed by atoms with Gasteiger partial charge in [-0.15, -0.1) is 0 Å². The Hall–Kier alpha value is -0.370. The molecule has 0 aromatic carbocycles. The molecule has 0 N–H and O–H groups in total. The summed E-state index contributed by atoms with van der Waals surface area (Å²) in [5, 5.41) is 0. The van der Waals surface area contributed by atoms with Gasteiger partial charge in [0, 0.05) is 12.3 Å². The third-order valence-electron chi connectivity index (χ3n) is 3.51. The molecule has 1 atom stereocenters. The van der Waals surface area contributed by atoms with Gasteiger partial charge in [0.25, 0.3) is 0 Å². The van der Waals surface area contributed by atoms with Crippen molar-refractivity contribution in [3.8, 4) is 0 Å². The van der Waals surface area contributed by atoms with Crippen LogP contribution in [0.5, 0.6) is 0 Å². The Morgan fingerprint density at radius 1 is 1.27 bits per heavy atom. The predicted molar refractivity (Wildman–Crippen MR) is 64.0 cm³/mol. The zero-order valence-corrected chi connectivity index (χ0v) is 10.3. The summed E-state index contributed by atoms with van der Waals surface area (Å²) in [5.41, 5.74) is 0. The first-order chi connectivity index (χ1) is 7.24. The zero-order chi connectivity index (χ0) is 11.1. The van der Waals surface area contributed by atoms with E-state index in [1.54, 1.807) is 0 Å². The van der Waals surface area contributed by atoms with E-state index in [0.717, 1.165) is 25.8 Å². The number of piperidine rings is 1. The first-order valence-electron chi connectivity index (χ1n) is 6.49. The summed E-state index contributed by atoms with van der Waals surface area (Å²) in [7, 11) is 0. The van der Waals surface area contributed by atoms with Gasteiger partial charge in [-0.05, 0) is 45.3 Å². The zero-order valence-electron chi connectivity index (χ0n) is 10.3. The Morgan fingerprint density at radius 2 is 1.93 bits per heavy atom. The minimum Gasteiger partial charge on any atom is -0.303 e. The minimum atomic E-state index is 0.270. The van der Waals surface area contributed by atoms with Gasteiger partial charge < -0.3 is 4.90 Å². The van der Waals surface area contributed by atoms with Gasteiger partial charge in [0.2, 0.25) is 0 Å². The summed E-state index contributed by atoms with van der Waals surface area (Å²) >= 11 is 0. The fourth-order valence-electron chi connectivity index (χ4n) is 2.13. The van der Waals surface area contributed by atoms with Crippen LogP contribution in [0.3, 0.4) is 0 Å². The molecule has 0 aromatic rings. The van der Waals surface area contributed by atoms with E-state index in [4.69, 9.17) is 0 Å². The summed E-state index contributed by atoms with van der Waals surface area (Å²) < 4.78 is 0. The third-order valence-corrected chi connectivity index (χ3v) is 3.51. The van der Waals surface area contributed by atoms with Crippen molar-refractivity contribution in [2.45, 2.75) is 52.4 Å². The molecular formula is C13H25NO. The molecular weight excluding hydrogens is 186 g/mol. The first kappa shape index (κ1) is 12.7. The summed E-state index contributed by atoms with van der Waals surface area (Å²) in [6.45, 7) is 7.76. The fourth-order valence-corrected chi connectivity index (χ4v) is 2.13. The molecule has 0 radical (unpaired) electrons. The number of carbonyl (C=O) groups excluding carboxylic acids is 1. The highest BCUT2D eigenvalue weighted by Gasteiger charge is 2.12. The van der Waals surface area contributed by atoms with Crippen molar-refractivity contribution >= 4 is 5.78 Å². The van der Waals surface area contributed by atoms with E-state index in [9.17, 15) is 4.79 Å². The maximum Gasteiger partial charge on any atom is 0.135 e. The van der Waals surface area contributed by atoms with E-state index in [1.165, 1.54) is 32.4 Å². The van der Waals surface area contributed by atoms with Gasteiger partial charge >= 0.3 is 0 Å². The monoisotopic (exact) mass is 211 g/mol. The summed E-state index contributed by atoms with van der Waals surface area (Å²) in [6, 6.07) is 0. The highest BCUT2D eigenvalue weighted by molar-refractivity contribution is 5.80. The Morgan fingerprint density at radius 3 is 2.53 bits per heavy atom. The highest BCUT2D eigenvalue weighted by atomic mass is 16.1. The van der Waals surface area contributed by atoms with Crippen LogP contribution in [0.2, 0.25) is 0 Å². The number of Topliss-reactive ketones (excluding diaryl/α,β-unsaturated/α-hetero) is 1. The number of likely N-dealkylation sites (tertiary alicyclic amines) is 1. The van der Waals surface area contributed by atoms with Gasteiger partial charge in [-0.1, -0.05) is 20.3 Å². The Bertz CT molecular complexity index is 185. The Balaban J connectivity index is 2.07. The third kappa shape index (κ3) is 4.78. The molecule has 1 heterocycles. The molecule has 0 saturated carbocycles. The number of nitrogens with zero attached hydrogens (tertiary/aromatic N) is 1. The molecule has 88 valence electrons. The molecule has 0 bridgehead atoms. The van der Waals surface area contributed by atoms with Crippen LogP contribution < -0.4 is 0 Å². The van der Waals surface area contributed by atoms with Crippen LogP contribution in [0.25, 0.3) is 0 Å². The molecule has 1 rings (SSSR count). The average Bonchev–Trinajstić information content (AvgIpc) is 2.29. The van der Waals surface area contributed by atoms with Gasteiger partial charge in [0.1, 0.15) is 5.78 Å². The van der Waals surface area contributed by atoms with E-state index in [0.29, 0.717) is 5.78 Å². The molecule has 0 spiro atoms. The maximum atomic E-state index is 11.6. The van der Waals surface area contributed by atoms with E-state index in [1.807, 2.05) is 6.92 Å². The molecule has 1 saturated heterocycles. The quantitative estimate of drug-likeness (QED) is 0.673. The fraction of sp³-hybridized carbons (Fsp3) is 0.923. The molecule has 0 aliphatic carbocycles. The van der Waals surface area contributed by atoms with E-state index < -0.39 is 0 Å². The summed E-state index contributed by atoms with van der Waals surface area (Å²) in [4.78, 5) is 14.1. The van der Waals surface area contributed by atoms with Crippen molar-refractivity contribution in [1.82, 2.24) is 4.90 Å². The summed E-state index contributed by atoms with van der Waals surface area (Å²) in [5.74, 6) is 0.723. The van der Waals surface area contributed by atoms with Gasteiger partial charge in [-0.2, -0.15) is 0 Å². The van der Waals surface area contributed by atoms with Gasteiger partial charge in [0.15, 0.2) is 0 Å². The number of ketones is 1. The van der Waals surface area contributed by atoms with Crippen LogP contribution >= 0.6 is 0 Å². The van der Waals surface area contributed by atoms with Crippen molar-refractivity contribution < 1.29 is 4.79 Å². The van der Waals surface area contributed by atoms with Crippen molar-refractivity contribution in [2.75, 3.05) is 19.6 Å². The second-order valence-electron chi connectivity index (χ2n) is 4.78. The minimum absolute atomic E-state index is 0.270. The van der Waals surface area contributed by atoms with Crippen molar-refractivity contribution in [3.63, 3.8) is 0 Å². The topological polar surface area (TPSA) is 20.3 Å². The lowest BCUT2D eigenvalue weighted by molar-refractivity contribution is -0.122. The first-order valence-corrected chi connectivity index (χ1v) is 6.49. The molecule has 0 amide bonds. The molecule has 2 heteroatoms. The molecule has 1 aliphatic heterocycles. The van der Waals surface area contributed by atoms with Crippen LogP contribution in [0.4, 0.5) is 0 Å². The second-order valence-corrected chi connectivity index (χ2v) is 4.78. The Labute approximate surface area is 94.0 Å². The average molecular weight is 211 g/mol. The van der Waals surface area contributed by atoms with Crippen molar-refractivity contribution in [3.05, 3.63) is 0 Å². The second kappa shape index (κ2) is 7.00. The maximum absolute atomic E-state index is 11.6. The van der Waals surface area contributed by atoms with Gasteiger partial charge in [-0.3, -0.25) is 4.79 Å². The molecule has 1 aliphatic rings. The number of rotatable bonds is 6. The van der Waals surface area contributed by atoms with Crippen molar-refractivity contribution in [1.29, 1.82) is 0 Å². The van der Waals surface area contributed by atoms with Crippen LogP contribution in [-0.2, 0) is 4.79 Å². The smallest absolute Gasteiger partial charge is 0.135 e. The Kier molecular flexibility index (Phi) is 5.92. The van der Waals surface area contributed by atoms with Crippen LogP contribution in [0, 0.1) is 5.92 Å². The largest absolute Gasteiger partial charge is 0.303 e. The molecule has 0 aromatic heterocycles. The molecule has 1 unspecified atom stereocenters. The normalized spacial score (nSPS) is 20.1. The van der Waals surface area contributed by atoms with Crippen LogP contribution in [-0.4, -0.2) is 30.3 Å². The lowest BCUT2D eigenvalue weighted by Gasteiger charge is -2.26. The van der Waals surface area contributed by atoms with Crippen molar-refractivity contribution in [2.24, 2.45) is 5.92 Å². The lowest BCUT2D eigenvalue weighted by atomic mass is 9.99. The standard InChI is InChI=1S/C13H25NO/c1-3-12(2)13(15)8-7-11-14-9-5-4-6-10-14/h12H,3-11H2,1-2H3. The van der Waals surface area contributed by atoms with Crippen LogP contribution in [0.1, 0.15) is 52.4 Å². The molecule has 2 nitrogen and oxygen atoms in total. The SMILES string of the molecule is CCC(C)C(=O)CCCN1CCCCC1. The van der Waals surface area contributed by atoms with Crippen LogP contribution in [0.15, 0.2) is 0 Å². The predicted octanol–water partition coefficient (Wildman–Crippen LogP) is 2.87. The van der Waals surface area contributed by atoms with E-state index in [-0.39, 0.29) is 5.92 Å². The number of hydrogen-bond acceptors (Lipinski definition) is 2. The van der Waals surface area contributed by atoms with Gasteiger partial charge in [-0.25, -0.2) is 0 Å². The lowest BCUT2D eigenvalue weighted by Crippen LogP contribution is -2.31. The number of hydrogen-bond donors (Lipinski definition) is 0. The highest BCUT2D eigenvalue weighted by Crippen LogP contribution is 2.11.